The molecule has 0 radical (unpaired) electrons. The van der Waals surface area contributed by atoms with Gasteiger partial charge >= 0.3 is 8.56 Å². The quantitative estimate of drug-likeness (QED) is 0.415. The summed E-state index contributed by atoms with van der Waals surface area (Å²) in [5.41, 5.74) is 5.31. The van der Waals surface area contributed by atoms with Crippen LogP contribution < -0.4 is 5.73 Å². The van der Waals surface area contributed by atoms with Gasteiger partial charge in [0.1, 0.15) is 0 Å². The van der Waals surface area contributed by atoms with Crippen molar-refractivity contribution in [1.82, 2.24) is 0 Å². The fourth-order valence-electron chi connectivity index (χ4n) is 1.14. The Hall–Kier alpha value is 0.0969. The van der Waals surface area contributed by atoms with Gasteiger partial charge in [0.05, 0.1) is 0 Å². The molecule has 0 bridgehead atoms. The van der Waals surface area contributed by atoms with Crippen LogP contribution in [0.1, 0.15) is 32.6 Å². The Morgan fingerprint density at radius 1 is 1.08 bits per heavy atom. The lowest BCUT2D eigenvalue weighted by molar-refractivity contribution is 0.352. The van der Waals surface area contributed by atoms with Crippen LogP contribution in [0.4, 0.5) is 0 Å². The van der Waals surface area contributed by atoms with Crippen molar-refractivity contribution in [3.05, 3.63) is 0 Å². The first kappa shape index (κ1) is 12.1. The molecule has 12 heavy (non-hydrogen) atoms. The van der Waals surface area contributed by atoms with Gasteiger partial charge in [0, 0.05) is 0 Å². The predicted molar refractivity (Wildman–Crippen MR) is 53.0 cm³/mol. The minimum atomic E-state index is -2.82. The molecule has 4 N–H and O–H groups in total. The Morgan fingerprint density at radius 3 is 2.17 bits per heavy atom. The van der Waals surface area contributed by atoms with Crippen LogP contribution in [0.25, 0.3) is 0 Å². The number of hydrogen-bond acceptors (Lipinski definition) is 3. The third-order valence-electron chi connectivity index (χ3n) is 1.96. The zero-order chi connectivity index (χ0) is 9.45. The maximum atomic E-state index is 9.53. The lowest BCUT2D eigenvalue weighted by Crippen LogP contribution is -2.34. The molecule has 0 aliphatic heterocycles. The molecular weight excluding hydrogens is 170 g/mol. The van der Waals surface area contributed by atoms with E-state index in [1.165, 1.54) is 0 Å². The summed E-state index contributed by atoms with van der Waals surface area (Å²) in [5, 5.41) is 0. The Kier molecular flexibility index (Phi) is 6.65. The van der Waals surface area contributed by atoms with E-state index in [1.54, 1.807) is 0 Å². The summed E-state index contributed by atoms with van der Waals surface area (Å²) in [6, 6.07) is 1.21. The Morgan fingerprint density at radius 2 is 1.67 bits per heavy atom. The van der Waals surface area contributed by atoms with Gasteiger partial charge in [0.25, 0.3) is 0 Å². The minimum absolute atomic E-state index is 0.588. The number of rotatable bonds is 7. The van der Waals surface area contributed by atoms with E-state index in [4.69, 9.17) is 5.73 Å². The van der Waals surface area contributed by atoms with Gasteiger partial charge in [0.15, 0.2) is 0 Å². The third-order valence-corrected chi connectivity index (χ3v) is 4.27. The minimum Gasteiger partial charge on any atom is -0.411 e. The van der Waals surface area contributed by atoms with Crippen LogP contribution in [0.5, 0.6) is 0 Å². The Bertz CT molecular complexity index is 109. The second kappa shape index (κ2) is 6.60. The van der Waals surface area contributed by atoms with Gasteiger partial charge in [-0.25, -0.2) is 0 Å². The molecule has 0 aliphatic rings. The van der Waals surface area contributed by atoms with Gasteiger partial charge in [-0.2, -0.15) is 0 Å². The van der Waals surface area contributed by atoms with E-state index in [0.717, 1.165) is 25.7 Å². The molecule has 0 aromatic carbocycles. The van der Waals surface area contributed by atoms with E-state index in [-0.39, 0.29) is 0 Å². The molecule has 0 spiro atoms. The second-order valence-corrected chi connectivity index (χ2v) is 6.30. The molecule has 0 heterocycles. The van der Waals surface area contributed by atoms with Crippen molar-refractivity contribution < 1.29 is 9.59 Å². The van der Waals surface area contributed by atoms with Crippen LogP contribution in [-0.4, -0.2) is 24.7 Å². The maximum Gasteiger partial charge on any atom is 0.332 e. The highest BCUT2D eigenvalue weighted by atomic mass is 28.4. The molecule has 0 aliphatic carbocycles. The molecule has 0 aromatic rings. The zero-order valence-electron chi connectivity index (χ0n) is 7.92. The topological polar surface area (TPSA) is 66.5 Å². The molecule has 0 rings (SSSR count). The van der Waals surface area contributed by atoms with E-state index in [1.807, 2.05) is 0 Å². The Labute approximate surface area is 75.8 Å². The first-order valence-electron chi connectivity index (χ1n) is 4.77. The van der Waals surface area contributed by atoms with Crippen molar-refractivity contribution in [3.8, 4) is 0 Å². The van der Waals surface area contributed by atoms with E-state index in [9.17, 15) is 9.59 Å². The van der Waals surface area contributed by atoms with Crippen molar-refractivity contribution >= 4 is 8.56 Å². The molecule has 0 fully saturated rings. The number of nitrogens with two attached hydrogens (primary N) is 1. The highest BCUT2D eigenvalue weighted by molar-refractivity contribution is 6.64. The van der Waals surface area contributed by atoms with Crippen LogP contribution in [0.3, 0.4) is 0 Å². The standard InChI is InChI=1S/C8H21NO2Si/c1-2-3-7-12(10,11)8-5-4-6-9/h10-11H,2-9H2,1H3. The van der Waals surface area contributed by atoms with Crippen molar-refractivity contribution in [2.24, 2.45) is 5.73 Å². The third kappa shape index (κ3) is 6.79. The zero-order valence-corrected chi connectivity index (χ0v) is 8.92. The summed E-state index contributed by atoms with van der Waals surface area (Å²) in [6.45, 7) is 2.71. The SMILES string of the molecule is CCCC[Si](O)(O)CCCCN. The number of hydrogen-bond donors (Lipinski definition) is 3. The molecule has 0 unspecified atom stereocenters. The van der Waals surface area contributed by atoms with Crippen LogP contribution in [0.2, 0.25) is 12.1 Å². The fourth-order valence-corrected chi connectivity index (χ4v) is 3.12. The average molecular weight is 191 g/mol. The average Bonchev–Trinajstić information content (AvgIpc) is 2.01. The van der Waals surface area contributed by atoms with Gasteiger partial charge in [-0.05, 0) is 25.1 Å². The molecule has 4 heteroatoms. The lowest BCUT2D eigenvalue weighted by atomic mass is 10.3. The molecule has 0 amide bonds. The first-order chi connectivity index (χ1) is 5.62. The number of unbranched alkanes of at least 4 members (excludes halogenated alkanes) is 2. The second-order valence-electron chi connectivity index (χ2n) is 3.33. The normalized spacial score (nSPS) is 12.0. The predicted octanol–water partition coefficient (Wildman–Crippen LogP) is 0.952. The van der Waals surface area contributed by atoms with Gasteiger partial charge in [-0.3, -0.25) is 0 Å². The molecule has 0 saturated heterocycles. The first-order valence-corrected chi connectivity index (χ1v) is 7.08. The van der Waals surface area contributed by atoms with Crippen LogP contribution in [0.15, 0.2) is 0 Å². The van der Waals surface area contributed by atoms with Gasteiger partial charge in [-0.15, -0.1) is 0 Å². The summed E-state index contributed by atoms with van der Waals surface area (Å²) in [4.78, 5) is 19.1. The van der Waals surface area contributed by atoms with Crippen molar-refractivity contribution in [2.45, 2.75) is 44.7 Å². The smallest absolute Gasteiger partial charge is 0.332 e. The van der Waals surface area contributed by atoms with E-state index >= 15 is 0 Å². The summed E-state index contributed by atoms with van der Waals surface area (Å²) in [7, 11) is -2.82. The summed E-state index contributed by atoms with van der Waals surface area (Å²) in [5.74, 6) is 0. The maximum absolute atomic E-state index is 9.53. The lowest BCUT2D eigenvalue weighted by Gasteiger charge is -2.16. The fraction of sp³-hybridized carbons (Fsp3) is 1.00. The molecule has 0 saturated carbocycles. The van der Waals surface area contributed by atoms with Gasteiger partial charge < -0.3 is 15.3 Å². The van der Waals surface area contributed by atoms with Gasteiger partial charge in [-0.1, -0.05) is 26.2 Å². The van der Waals surface area contributed by atoms with Crippen molar-refractivity contribution in [2.75, 3.05) is 6.54 Å². The summed E-state index contributed by atoms with van der Waals surface area (Å²) < 4.78 is 0. The van der Waals surface area contributed by atoms with Crippen molar-refractivity contribution in [1.29, 1.82) is 0 Å². The summed E-state index contributed by atoms with van der Waals surface area (Å²) in [6.07, 6.45) is 3.73. The van der Waals surface area contributed by atoms with Crippen molar-refractivity contribution in [3.63, 3.8) is 0 Å². The van der Waals surface area contributed by atoms with E-state index < -0.39 is 8.56 Å². The van der Waals surface area contributed by atoms with E-state index in [0.29, 0.717) is 18.6 Å². The highest BCUT2D eigenvalue weighted by Gasteiger charge is 2.26. The monoisotopic (exact) mass is 191 g/mol. The highest BCUT2D eigenvalue weighted by Crippen LogP contribution is 2.15. The molecule has 74 valence electrons. The summed E-state index contributed by atoms with van der Waals surface area (Å²) >= 11 is 0. The van der Waals surface area contributed by atoms with Crippen LogP contribution in [0, 0.1) is 0 Å². The largest absolute Gasteiger partial charge is 0.411 e. The molecule has 0 aromatic heterocycles. The Balaban J connectivity index is 3.42. The molecular formula is C8H21NO2Si. The van der Waals surface area contributed by atoms with Crippen LogP contribution >= 0.6 is 0 Å². The van der Waals surface area contributed by atoms with Crippen LogP contribution in [-0.2, 0) is 0 Å². The van der Waals surface area contributed by atoms with E-state index in [2.05, 4.69) is 6.92 Å². The molecule has 3 nitrogen and oxygen atoms in total. The van der Waals surface area contributed by atoms with Gasteiger partial charge in [0.2, 0.25) is 0 Å². The molecule has 0 atom stereocenters.